The van der Waals surface area contributed by atoms with Crippen LogP contribution < -0.4 is 10.7 Å². The lowest BCUT2D eigenvalue weighted by Gasteiger charge is -2.04. The number of benzene rings is 2. The smallest absolute Gasteiger partial charge is 0.269 e. The Morgan fingerprint density at radius 3 is 2.43 bits per heavy atom. The van der Waals surface area contributed by atoms with Crippen LogP contribution in [0.1, 0.15) is 5.56 Å². The fraction of sp³-hybridized carbons (Fsp3) is 0.0667. The molecule has 1 amide bonds. The number of carbonyl (C=O) groups is 1. The Kier molecular flexibility index (Phi) is 5.65. The van der Waals surface area contributed by atoms with Gasteiger partial charge in [-0.25, -0.2) is 5.43 Å². The first-order valence-corrected chi connectivity index (χ1v) is 6.98. The Morgan fingerprint density at radius 2 is 1.83 bits per heavy atom. The number of nitro groups is 1. The van der Waals surface area contributed by atoms with Gasteiger partial charge in [0, 0.05) is 22.8 Å². The first-order chi connectivity index (χ1) is 11.0. The van der Waals surface area contributed by atoms with Gasteiger partial charge in [0.25, 0.3) is 11.6 Å². The van der Waals surface area contributed by atoms with E-state index in [4.69, 9.17) is 11.6 Å². The topological polar surface area (TPSA) is 96.6 Å². The van der Waals surface area contributed by atoms with Crippen molar-refractivity contribution in [2.24, 2.45) is 5.10 Å². The summed E-state index contributed by atoms with van der Waals surface area (Å²) in [4.78, 5) is 21.7. The van der Waals surface area contributed by atoms with Crippen molar-refractivity contribution in [2.45, 2.75) is 0 Å². The zero-order valence-corrected chi connectivity index (χ0v) is 12.7. The second-order valence-corrected chi connectivity index (χ2v) is 4.94. The number of halogens is 1. The molecule has 0 fully saturated rings. The van der Waals surface area contributed by atoms with E-state index in [1.54, 1.807) is 36.4 Å². The lowest BCUT2D eigenvalue weighted by molar-refractivity contribution is -0.384. The van der Waals surface area contributed by atoms with Crippen molar-refractivity contribution >= 4 is 35.1 Å². The first-order valence-electron chi connectivity index (χ1n) is 6.60. The normalized spacial score (nSPS) is 10.5. The van der Waals surface area contributed by atoms with Gasteiger partial charge in [0.15, 0.2) is 0 Å². The molecule has 2 rings (SSSR count). The fourth-order valence-corrected chi connectivity index (χ4v) is 1.78. The molecule has 23 heavy (non-hydrogen) atoms. The molecule has 0 aliphatic carbocycles. The highest BCUT2D eigenvalue weighted by Gasteiger charge is 2.03. The monoisotopic (exact) mass is 332 g/mol. The number of carbonyl (C=O) groups excluding carboxylic acids is 1. The predicted octanol–water partition coefficient (Wildman–Crippen LogP) is 2.81. The van der Waals surface area contributed by atoms with Crippen molar-refractivity contribution in [1.29, 1.82) is 0 Å². The van der Waals surface area contributed by atoms with Crippen LogP contribution in [0, 0.1) is 10.1 Å². The number of rotatable bonds is 6. The Hall–Kier alpha value is -2.93. The highest BCUT2D eigenvalue weighted by atomic mass is 35.5. The molecule has 0 saturated heterocycles. The molecular formula is C15H13ClN4O3. The van der Waals surface area contributed by atoms with Crippen LogP contribution in [-0.2, 0) is 4.79 Å². The molecule has 8 heteroatoms. The van der Waals surface area contributed by atoms with Gasteiger partial charge in [-0.05, 0) is 42.0 Å². The third kappa shape index (κ3) is 5.40. The Labute approximate surface area is 137 Å². The molecule has 0 heterocycles. The Balaban J connectivity index is 1.79. The van der Waals surface area contributed by atoms with Crippen molar-refractivity contribution in [2.75, 3.05) is 11.9 Å². The molecule has 0 bridgehead atoms. The minimum Gasteiger partial charge on any atom is -0.376 e. The maximum Gasteiger partial charge on any atom is 0.269 e. The van der Waals surface area contributed by atoms with E-state index >= 15 is 0 Å². The van der Waals surface area contributed by atoms with Crippen LogP contribution in [0.15, 0.2) is 53.6 Å². The molecule has 7 nitrogen and oxygen atoms in total. The van der Waals surface area contributed by atoms with Crippen molar-refractivity contribution in [3.63, 3.8) is 0 Å². The summed E-state index contributed by atoms with van der Waals surface area (Å²) in [6.07, 6.45) is 1.41. The molecule has 0 saturated carbocycles. The van der Waals surface area contributed by atoms with Crippen LogP contribution in [0.25, 0.3) is 0 Å². The molecule has 0 spiro atoms. The van der Waals surface area contributed by atoms with Gasteiger partial charge in [0.1, 0.15) is 0 Å². The SMILES string of the molecule is O=C(CNc1ccc(Cl)cc1)N/N=C\c1ccc([N+](=O)[O-])cc1. The summed E-state index contributed by atoms with van der Waals surface area (Å²) in [5, 5.41) is 17.8. The molecule has 0 atom stereocenters. The van der Waals surface area contributed by atoms with Gasteiger partial charge in [-0.1, -0.05) is 11.6 Å². The van der Waals surface area contributed by atoms with Crippen LogP contribution in [-0.4, -0.2) is 23.6 Å². The van der Waals surface area contributed by atoms with Crippen LogP contribution >= 0.6 is 11.6 Å². The van der Waals surface area contributed by atoms with Gasteiger partial charge in [0.2, 0.25) is 0 Å². The first kappa shape index (κ1) is 16.4. The highest BCUT2D eigenvalue weighted by molar-refractivity contribution is 6.30. The van der Waals surface area contributed by atoms with E-state index in [0.29, 0.717) is 10.6 Å². The third-order valence-corrected chi connectivity index (χ3v) is 3.06. The minimum atomic E-state index is -0.481. The summed E-state index contributed by atoms with van der Waals surface area (Å²) in [6, 6.07) is 12.8. The number of amides is 1. The lowest BCUT2D eigenvalue weighted by Crippen LogP contribution is -2.25. The average molecular weight is 333 g/mol. The van der Waals surface area contributed by atoms with Crippen molar-refractivity contribution in [1.82, 2.24) is 5.43 Å². The predicted molar refractivity (Wildman–Crippen MR) is 88.8 cm³/mol. The maximum absolute atomic E-state index is 11.6. The van der Waals surface area contributed by atoms with Crippen LogP contribution in [0.3, 0.4) is 0 Å². The summed E-state index contributed by atoms with van der Waals surface area (Å²) >= 11 is 5.76. The van der Waals surface area contributed by atoms with Crippen molar-refractivity contribution < 1.29 is 9.72 Å². The molecule has 0 aliphatic heterocycles. The van der Waals surface area contributed by atoms with Crippen LogP contribution in [0.4, 0.5) is 11.4 Å². The molecule has 0 aromatic heterocycles. The fourth-order valence-electron chi connectivity index (χ4n) is 1.65. The van der Waals surface area contributed by atoms with Gasteiger partial charge in [-0.2, -0.15) is 5.10 Å². The number of hydrazone groups is 1. The summed E-state index contributed by atoms with van der Waals surface area (Å²) in [7, 11) is 0. The molecule has 2 aromatic carbocycles. The number of hydrogen-bond acceptors (Lipinski definition) is 5. The minimum absolute atomic E-state index is 0.00153. The maximum atomic E-state index is 11.6. The summed E-state index contributed by atoms with van der Waals surface area (Å²) in [6.45, 7) is 0.0548. The number of non-ortho nitro benzene ring substituents is 1. The Morgan fingerprint density at radius 1 is 1.17 bits per heavy atom. The van der Waals surface area contributed by atoms with Gasteiger partial charge in [-0.15, -0.1) is 0 Å². The number of nitro benzene ring substituents is 1. The second kappa shape index (κ2) is 7.90. The number of anilines is 1. The molecule has 118 valence electrons. The largest absolute Gasteiger partial charge is 0.376 e. The zero-order valence-electron chi connectivity index (χ0n) is 11.9. The van der Waals surface area contributed by atoms with E-state index < -0.39 is 4.92 Å². The zero-order chi connectivity index (χ0) is 16.7. The van der Waals surface area contributed by atoms with Gasteiger partial charge < -0.3 is 5.32 Å². The average Bonchev–Trinajstić information content (AvgIpc) is 2.55. The van der Waals surface area contributed by atoms with E-state index in [0.717, 1.165) is 5.69 Å². The molecular weight excluding hydrogens is 320 g/mol. The van der Waals surface area contributed by atoms with E-state index in [1.807, 2.05) is 0 Å². The molecule has 2 N–H and O–H groups in total. The van der Waals surface area contributed by atoms with Gasteiger partial charge in [0.05, 0.1) is 17.7 Å². The standard InChI is InChI=1S/C15H13ClN4O3/c16-12-3-5-13(6-4-12)17-10-15(21)19-18-9-11-1-7-14(8-2-11)20(22)23/h1-9,17H,10H2,(H,19,21)/b18-9-. The van der Waals surface area contributed by atoms with E-state index in [-0.39, 0.29) is 18.1 Å². The van der Waals surface area contributed by atoms with Crippen LogP contribution in [0.5, 0.6) is 0 Å². The number of nitrogens with zero attached hydrogens (tertiary/aromatic N) is 2. The van der Waals surface area contributed by atoms with Crippen LogP contribution in [0.2, 0.25) is 5.02 Å². The summed E-state index contributed by atoms with van der Waals surface area (Å²) in [5.74, 6) is -0.321. The molecule has 2 aromatic rings. The van der Waals surface area contributed by atoms with E-state index in [9.17, 15) is 14.9 Å². The van der Waals surface area contributed by atoms with Crippen molar-refractivity contribution in [3.05, 3.63) is 69.2 Å². The summed E-state index contributed by atoms with van der Waals surface area (Å²) < 4.78 is 0. The number of hydrogen-bond donors (Lipinski definition) is 2. The van der Waals surface area contributed by atoms with E-state index in [1.165, 1.54) is 18.3 Å². The quantitative estimate of drug-likeness (QED) is 0.483. The summed E-state index contributed by atoms with van der Waals surface area (Å²) in [5.41, 5.74) is 3.76. The van der Waals surface area contributed by atoms with Gasteiger partial charge >= 0.3 is 0 Å². The molecule has 0 radical (unpaired) electrons. The highest BCUT2D eigenvalue weighted by Crippen LogP contribution is 2.13. The Bertz CT molecular complexity index is 715. The van der Waals surface area contributed by atoms with Gasteiger partial charge in [-0.3, -0.25) is 14.9 Å². The third-order valence-electron chi connectivity index (χ3n) is 2.80. The second-order valence-electron chi connectivity index (χ2n) is 4.50. The lowest BCUT2D eigenvalue weighted by atomic mass is 10.2. The van der Waals surface area contributed by atoms with Crippen molar-refractivity contribution in [3.8, 4) is 0 Å². The van der Waals surface area contributed by atoms with E-state index in [2.05, 4.69) is 15.8 Å². The number of nitrogens with one attached hydrogen (secondary N) is 2. The molecule has 0 aliphatic rings. The molecule has 0 unspecified atom stereocenters.